The summed E-state index contributed by atoms with van der Waals surface area (Å²) in [6.07, 6.45) is 3.14. The van der Waals surface area contributed by atoms with Crippen molar-refractivity contribution in [3.05, 3.63) is 65.1 Å². The summed E-state index contributed by atoms with van der Waals surface area (Å²) >= 11 is 0. The molecule has 1 aliphatic rings. The Morgan fingerprint density at radius 2 is 2.14 bits per heavy atom. The molecule has 0 amide bonds. The highest BCUT2D eigenvalue weighted by Crippen LogP contribution is 2.36. The van der Waals surface area contributed by atoms with Crippen LogP contribution in [0.5, 0.6) is 0 Å². The lowest BCUT2D eigenvalue weighted by atomic mass is 9.95. The van der Waals surface area contributed by atoms with Crippen molar-refractivity contribution in [2.45, 2.75) is 58.1 Å². The molecule has 3 atom stereocenters. The van der Waals surface area contributed by atoms with Crippen molar-refractivity contribution in [1.29, 1.82) is 0 Å². The number of rotatable bonds is 4. The van der Waals surface area contributed by atoms with E-state index in [-0.39, 0.29) is 6.04 Å². The van der Waals surface area contributed by atoms with Crippen LogP contribution in [0.2, 0.25) is 0 Å². The fourth-order valence-corrected chi connectivity index (χ4v) is 4.50. The Morgan fingerprint density at radius 1 is 1.36 bits per heavy atom. The minimum Gasteiger partial charge on any atom is -0.384 e. The lowest BCUT2D eigenvalue weighted by Crippen LogP contribution is -2.43. The molecule has 2 aromatic heterocycles. The second-order valence-electron chi connectivity index (χ2n) is 8.41. The smallest absolute Gasteiger partial charge is 0.113 e. The summed E-state index contributed by atoms with van der Waals surface area (Å²) in [5.74, 6) is 0. The fraction of sp³-hybridized carbons (Fsp3) is 0.435. The van der Waals surface area contributed by atoms with Gasteiger partial charge in [-0.25, -0.2) is 4.39 Å². The number of benzene rings is 1. The Labute approximate surface area is 165 Å². The Bertz CT molecular complexity index is 994. The number of likely N-dealkylation sites (N-methyl/N-ethyl adjacent to an activating group) is 1. The van der Waals surface area contributed by atoms with E-state index >= 15 is 0 Å². The summed E-state index contributed by atoms with van der Waals surface area (Å²) in [6.45, 7) is 6.67. The average molecular weight is 381 g/mol. The first-order valence-electron chi connectivity index (χ1n) is 9.85. The number of aliphatic hydroxyl groups is 1. The highest BCUT2D eigenvalue weighted by Gasteiger charge is 2.34. The van der Waals surface area contributed by atoms with Gasteiger partial charge in [0.25, 0.3) is 0 Å². The molecular weight excluding hydrogens is 353 g/mol. The van der Waals surface area contributed by atoms with Gasteiger partial charge < -0.3 is 9.67 Å². The van der Waals surface area contributed by atoms with E-state index in [1.165, 1.54) is 16.5 Å². The molecule has 0 radical (unpaired) electrons. The zero-order chi connectivity index (χ0) is 20.1. The molecule has 0 bridgehead atoms. The van der Waals surface area contributed by atoms with E-state index in [2.05, 4.69) is 39.6 Å². The molecule has 0 saturated heterocycles. The molecule has 0 aliphatic carbocycles. The molecule has 0 saturated carbocycles. The summed E-state index contributed by atoms with van der Waals surface area (Å²) < 4.78 is 16.5. The van der Waals surface area contributed by atoms with E-state index in [1.54, 1.807) is 19.3 Å². The molecular formula is C23H28FN3O. The zero-order valence-electron chi connectivity index (χ0n) is 17.0. The number of aryl methyl sites for hydroxylation is 1. The first-order chi connectivity index (χ1) is 13.3. The Kier molecular flexibility index (Phi) is 4.76. The molecule has 4 rings (SSSR count). The molecule has 28 heavy (non-hydrogen) atoms. The van der Waals surface area contributed by atoms with Crippen LogP contribution in [0, 0.1) is 6.92 Å². The van der Waals surface area contributed by atoms with Gasteiger partial charge in [0.05, 0.1) is 6.54 Å². The van der Waals surface area contributed by atoms with Crippen LogP contribution in [0.3, 0.4) is 0 Å². The quantitative estimate of drug-likeness (QED) is 0.744. The lowest BCUT2D eigenvalue weighted by molar-refractivity contribution is 0.0373. The van der Waals surface area contributed by atoms with Gasteiger partial charge in [0, 0.05) is 53.6 Å². The number of nitrogens with zero attached hydrogens (tertiary/aromatic N) is 3. The van der Waals surface area contributed by atoms with Crippen molar-refractivity contribution in [2.75, 3.05) is 7.05 Å². The van der Waals surface area contributed by atoms with Gasteiger partial charge in [-0.1, -0.05) is 17.7 Å². The van der Waals surface area contributed by atoms with Gasteiger partial charge in [0.1, 0.15) is 11.8 Å². The molecule has 3 aromatic rings. The van der Waals surface area contributed by atoms with E-state index in [9.17, 15) is 9.50 Å². The number of hydrogen-bond acceptors (Lipinski definition) is 3. The third-order valence-electron chi connectivity index (χ3n) is 6.10. The first-order valence-corrected chi connectivity index (χ1v) is 9.85. The van der Waals surface area contributed by atoms with E-state index in [0.717, 1.165) is 23.3 Å². The van der Waals surface area contributed by atoms with Crippen LogP contribution >= 0.6 is 0 Å². The summed E-state index contributed by atoms with van der Waals surface area (Å²) in [6, 6.07) is 10.0. The van der Waals surface area contributed by atoms with Crippen molar-refractivity contribution >= 4 is 10.9 Å². The van der Waals surface area contributed by atoms with Crippen molar-refractivity contribution in [1.82, 2.24) is 14.5 Å². The van der Waals surface area contributed by atoms with Gasteiger partial charge in [-0.3, -0.25) is 9.88 Å². The SMILES string of the molecule is Cc1ccc2c(c1)c1c(n2CC(C)(O)c2cccnc2)CC(C(C)F)N(C)C1. The highest BCUT2D eigenvalue weighted by molar-refractivity contribution is 5.86. The Balaban J connectivity index is 1.85. The fourth-order valence-electron chi connectivity index (χ4n) is 4.50. The van der Waals surface area contributed by atoms with Crippen LogP contribution in [-0.2, 0) is 25.1 Å². The maximum atomic E-state index is 14.3. The second kappa shape index (κ2) is 6.98. The predicted molar refractivity (Wildman–Crippen MR) is 110 cm³/mol. The molecule has 3 heterocycles. The molecule has 1 N–H and O–H groups in total. The molecule has 0 spiro atoms. The van der Waals surface area contributed by atoms with Crippen molar-refractivity contribution in [3.63, 3.8) is 0 Å². The second-order valence-corrected chi connectivity index (χ2v) is 8.41. The number of halogens is 1. The van der Waals surface area contributed by atoms with Crippen LogP contribution in [0.4, 0.5) is 4.39 Å². The minimum atomic E-state index is -1.07. The molecule has 148 valence electrons. The average Bonchev–Trinajstić information content (AvgIpc) is 2.93. The molecule has 5 heteroatoms. The summed E-state index contributed by atoms with van der Waals surface area (Å²) in [7, 11) is 1.99. The van der Waals surface area contributed by atoms with Gasteiger partial charge in [-0.15, -0.1) is 0 Å². The number of alkyl halides is 1. The van der Waals surface area contributed by atoms with Crippen LogP contribution in [-0.4, -0.2) is 38.8 Å². The summed E-state index contributed by atoms with van der Waals surface area (Å²) in [5, 5.41) is 12.5. The number of aromatic nitrogens is 2. The molecule has 1 aliphatic heterocycles. The highest BCUT2D eigenvalue weighted by atomic mass is 19.1. The zero-order valence-corrected chi connectivity index (χ0v) is 17.0. The van der Waals surface area contributed by atoms with Crippen molar-refractivity contribution < 1.29 is 9.50 Å². The monoisotopic (exact) mass is 381 g/mol. The molecule has 4 nitrogen and oxygen atoms in total. The van der Waals surface area contributed by atoms with Crippen LogP contribution in [0.1, 0.15) is 36.2 Å². The lowest BCUT2D eigenvalue weighted by Gasteiger charge is -2.35. The van der Waals surface area contributed by atoms with Crippen molar-refractivity contribution in [3.8, 4) is 0 Å². The van der Waals surface area contributed by atoms with Gasteiger partial charge in [0.2, 0.25) is 0 Å². The van der Waals surface area contributed by atoms with E-state index in [4.69, 9.17) is 0 Å². The molecule has 3 unspecified atom stereocenters. The summed E-state index contributed by atoms with van der Waals surface area (Å²) in [5.41, 5.74) is 4.40. The number of pyridine rings is 1. The van der Waals surface area contributed by atoms with Gasteiger partial charge in [-0.2, -0.15) is 0 Å². The summed E-state index contributed by atoms with van der Waals surface area (Å²) in [4.78, 5) is 6.27. The molecule has 0 fully saturated rings. The van der Waals surface area contributed by atoms with Gasteiger partial charge >= 0.3 is 0 Å². The predicted octanol–water partition coefficient (Wildman–Crippen LogP) is 3.97. The first kappa shape index (κ1) is 19.1. The number of hydrogen-bond donors (Lipinski definition) is 1. The normalized spacial score (nSPS) is 20.7. The third kappa shape index (κ3) is 3.23. The maximum absolute atomic E-state index is 14.3. The number of fused-ring (bicyclic) bond motifs is 3. The van der Waals surface area contributed by atoms with Crippen LogP contribution in [0.15, 0.2) is 42.7 Å². The topological polar surface area (TPSA) is 41.3 Å². The van der Waals surface area contributed by atoms with E-state index in [0.29, 0.717) is 13.0 Å². The van der Waals surface area contributed by atoms with Gasteiger partial charge in [0.15, 0.2) is 0 Å². The van der Waals surface area contributed by atoms with E-state index < -0.39 is 11.8 Å². The standard InChI is InChI=1S/C23H28FN3O/c1-15-7-8-20-18(10-15)19-13-26(4)21(16(2)24)11-22(19)27(20)14-23(3,28)17-6-5-9-25-12-17/h5-10,12,16,21,28H,11,13-14H2,1-4H3. The Morgan fingerprint density at radius 3 is 2.82 bits per heavy atom. The molecule has 1 aromatic carbocycles. The largest absolute Gasteiger partial charge is 0.384 e. The van der Waals surface area contributed by atoms with Crippen LogP contribution in [0.25, 0.3) is 10.9 Å². The van der Waals surface area contributed by atoms with Gasteiger partial charge in [-0.05, 0) is 51.6 Å². The Hall–Kier alpha value is -2.24. The maximum Gasteiger partial charge on any atom is 0.113 e. The minimum absolute atomic E-state index is 0.153. The van der Waals surface area contributed by atoms with Crippen molar-refractivity contribution in [2.24, 2.45) is 0 Å². The van der Waals surface area contributed by atoms with Crippen LogP contribution < -0.4 is 0 Å². The third-order valence-corrected chi connectivity index (χ3v) is 6.10. The van der Waals surface area contributed by atoms with E-state index in [1.807, 2.05) is 26.1 Å².